The number of carbonyl (C=O) groups excluding carboxylic acids is 1. The Hall–Kier alpha value is -0.840. The maximum absolute atomic E-state index is 11.5. The van der Waals surface area contributed by atoms with Crippen LogP contribution in [-0.4, -0.2) is 24.1 Å². The minimum Gasteiger partial charge on any atom is -0.271 e. The summed E-state index contributed by atoms with van der Waals surface area (Å²) in [5.41, 5.74) is 0. The molecule has 3 nitrogen and oxygen atoms in total. The molecule has 0 aromatic carbocycles. The molecule has 2 rings (SSSR count). The number of hydroxylamine groups is 2. The van der Waals surface area contributed by atoms with Gasteiger partial charge in [-0.1, -0.05) is 11.6 Å². The predicted molar refractivity (Wildman–Crippen MR) is 60.6 cm³/mol. The molecule has 0 saturated carbocycles. The summed E-state index contributed by atoms with van der Waals surface area (Å²) in [6.07, 6.45) is 4.17. The van der Waals surface area contributed by atoms with Crippen LogP contribution in [0, 0.1) is 0 Å². The lowest BCUT2D eigenvalue weighted by atomic mass is 10.4. The van der Waals surface area contributed by atoms with Crippen molar-refractivity contribution in [2.45, 2.75) is 6.42 Å². The molecule has 1 fully saturated rings. The fourth-order valence-corrected chi connectivity index (χ4v) is 2.24. The predicted octanol–water partition coefficient (Wildman–Crippen LogP) is 2.58. The van der Waals surface area contributed by atoms with Crippen LogP contribution >= 0.6 is 22.9 Å². The molecular weight excluding hydrogens is 234 g/mol. The van der Waals surface area contributed by atoms with E-state index in [4.69, 9.17) is 16.4 Å². The van der Waals surface area contributed by atoms with Crippen LogP contribution in [0.15, 0.2) is 18.2 Å². The highest BCUT2D eigenvalue weighted by molar-refractivity contribution is 7.17. The Kier molecular flexibility index (Phi) is 3.41. The zero-order chi connectivity index (χ0) is 10.7. The van der Waals surface area contributed by atoms with Crippen LogP contribution < -0.4 is 0 Å². The van der Waals surface area contributed by atoms with Crippen molar-refractivity contribution in [3.05, 3.63) is 27.4 Å². The molecule has 0 bridgehead atoms. The van der Waals surface area contributed by atoms with Gasteiger partial charge in [0.25, 0.3) is 5.91 Å². The van der Waals surface area contributed by atoms with Crippen molar-refractivity contribution in [3.63, 3.8) is 0 Å². The van der Waals surface area contributed by atoms with Crippen molar-refractivity contribution in [2.24, 2.45) is 0 Å². The molecule has 1 aliphatic rings. The molecule has 1 amide bonds. The molecule has 80 valence electrons. The molecule has 0 aliphatic carbocycles. The highest BCUT2D eigenvalue weighted by Crippen LogP contribution is 2.22. The van der Waals surface area contributed by atoms with E-state index in [1.54, 1.807) is 6.08 Å². The number of amides is 1. The van der Waals surface area contributed by atoms with E-state index in [-0.39, 0.29) is 5.91 Å². The van der Waals surface area contributed by atoms with Gasteiger partial charge < -0.3 is 0 Å². The van der Waals surface area contributed by atoms with E-state index in [1.165, 1.54) is 22.5 Å². The summed E-state index contributed by atoms with van der Waals surface area (Å²) < 4.78 is 0.722. The largest absolute Gasteiger partial charge is 0.271 e. The Morgan fingerprint density at radius 1 is 1.60 bits per heavy atom. The van der Waals surface area contributed by atoms with Crippen molar-refractivity contribution < 1.29 is 9.63 Å². The van der Waals surface area contributed by atoms with Gasteiger partial charge in [0, 0.05) is 11.0 Å². The fraction of sp³-hybridized carbons (Fsp3) is 0.300. The third-order valence-electron chi connectivity index (χ3n) is 1.98. The van der Waals surface area contributed by atoms with Crippen LogP contribution in [-0.2, 0) is 9.63 Å². The molecule has 15 heavy (non-hydrogen) atoms. The second kappa shape index (κ2) is 4.79. The molecule has 1 saturated heterocycles. The lowest BCUT2D eigenvalue weighted by Gasteiger charge is -2.09. The smallest absolute Gasteiger partial charge is 0.270 e. The summed E-state index contributed by atoms with van der Waals surface area (Å²) in [7, 11) is 0. The Morgan fingerprint density at radius 2 is 2.47 bits per heavy atom. The van der Waals surface area contributed by atoms with Gasteiger partial charge in [-0.25, -0.2) is 5.06 Å². The van der Waals surface area contributed by atoms with Crippen LogP contribution in [0.2, 0.25) is 4.34 Å². The maximum atomic E-state index is 11.5. The summed E-state index contributed by atoms with van der Waals surface area (Å²) in [6.45, 7) is 1.30. The van der Waals surface area contributed by atoms with Crippen molar-refractivity contribution in [1.82, 2.24) is 5.06 Å². The number of hydrogen-bond donors (Lipinski definition) is 0. The number of carbonyl (C=O) groups is 1. The Morgan fingerprint density at radius 3 is 3.07 bits per heavy atom. The third kappa shape index (κ3) is 2.81. The highest BCUT2D eigenvalue weighted by atomic mass is 35.5. The summed E-state index contributed by atoms with van der Waals surface area (Å²) in [5.74, 6) is -0.114. The van der Waals surface area contributed by atoms with Gasteiger partial charge in [0.1, 0.15) is 0 Å². The Labute approximate surface area is 96.9 Å². The standard InChI is InChI=1S/C10H10ClNO2S/c11-9-4-2-8(15-9)3-5-10(13)12-6-1-7-14-12/h2-5H,1,6-7H2/b5-3+. The van der Waals surface area contributed by atoms with Gasteiger partial charge in [0.05, 0.1) is 17.5 Å². The van der Waals surface area contributed by atoms with Crippen LogP contribution in [0.3, 0.4) is 0 Å². The lowest BCUT2D eigenvalue weighted by molar-refractivity contribution is -0.162. The van der Waals surface area contributed by atoms with Crippen LogP contribution in [0.5, 0.6) is 0 Å². The second-order valence-electron chi connectivity index (χ2n) is 3.10. The van der Waals surface area contributed by atoms with Gasteiger partial charge in [0.15, 0.2) is 0 Å². The molecule has 0 unspecified atom stereocenters. The van der Waals surface area contributed by atoms with Crippen molar-refractivity contribution in [3.8, 4) is 0 Å². The van der Waals surface area contributed by atoms with Crippen LogP contribution in [0.4, 0.5) is 0 Å². The first kappa shape index (κ1) is 10.7. The van der Waals surface area contributed by atoms with Gasteiger partial charge in [-0.3, -0.25) is 9.63 Å². The summed E-state index contributed by atoms with van der Waals surface area (Å²) in [4.78, 5) is 17.6. The summed E-state index contributed by atoms with van der Waals surface area (Å²) in [5, 5.41) is 1.38. The maximum Gasteiger partial charge on any atom is 0.270 e. The first-order valence-corrected chi connectivity index (χ1v) is 5.83. The van der Waals surface area contributed by atoms with Gasteiger partial charge >= 0.3 is 0 Å². The van der Waals surface area contributed by atoms with E-state index in [1.807, 2.05) is 12.1 Å². The van der Waals surface area contributed by atoms with Crippen molar-refractivity contribution in [2.75, 3.05) is 13.2 Å². The zero-order valence-corrected chi connectivity index (χ0v) is 9.55. The molecular formula is C10H10ClNO2S. The summed E-state index contributed by atoms with van der Waals surface area (Å²) in [6, 6.07) is 3.68. The van der Waals surface area contributed by atoms with Gasteiger partial charge in [-0.05, 0) is 24.6 Å². The normalized spacial score (nSPS) is 16.5. The van der Waals surface area contributed by atoms with Crippen molar-refractivity contribution in [1.29, 1.82) is 0 Å². The van der Waals surface area contributed by atoms with E-state index >= 15 is 0 Å². The fourth-order valence-electron chi connectivity index (χ4n) is 1.28. The lowest BCUT2D eigenvalue weighted by Crippen LogP contribution is -2.24. The zero-order valence-electron chi connectivity index (χ0n) is 7.98. The molecule has 1 aliphatic heterocycles. The monoisotopic (exact) mass is 243 g/mol. The quantitative estimate of drug-likeness (QED) is 0.748. The molecule has 1 aromatic rings. The minimum absolute atomic E-state index is 0.114. The molecule has 2 heterocycles. The number of rotatable bonds is 2. The number of halogens is 1. The van der Waals surface area contributed by atoms with Crippen LogP contribution in [0.1, 0.15) is 11.3 Å². The van der Waals surface area contributed by atoms with Gasteiger partial charge in [0.2, 0.25) is 0 Å². The van der Waals surface area contributed by atoms with E-state index in [9.17, 15) is 4.79 Å². The van der Waals surface area contributed by atoms with E-state index in [2.05, 4.69) is 0 Å². The first-order valence-electron chi connectivity index (χ1n) is 4.63. The average Bonchev–Trinajstić information content (AvgIpc) is 2.84. The summed E-state index contributed by atoms with van der Waals surface area (Å²) >= 11 is 7.21. The second-order valence-corrected chi connectivity index (χ2v) is 4.85. The minimum atomic E-state index is -0.114. The molecule has 0 spiro atoms. The molecule has 0 atom stereocenters. The Balaban J connectivity index is 1.95. The highest BCUT2D eigenvalue weighted by Gasteiger charge is 2.16. The number of nitrogens with zero attached hydrogens (tertiary/aromatic N) is 1. The van der Waals surface area contributed by atoms with Crippen molar-refractivity contribution >= 4 is 34.9 Å². The third-order valence-corrected chi connectivity index (χ3v) is 3.18. The van der Waals surface area contributed by atoms with Gasteiger partial charge in [-0.15, -0.1) is 11.3 Å². The molecule has 0 N–H and O–H groups in total. The van der Waals surface area contributed by atoms with Crippen LogP contribution in [0.25, 0.3) is 6.08 Å². The van der Waals surface area contributed by atoms with E-state index in [0.717, 1.165) is 15.6 Å². The molecule has 1 aromatic heterocycles. The molecule has 0 radical (unpaired) electrons. The molecule has 5 heteroatoms. The SMILES string of the molecule is O=C(/C=C/c1ccc(Cl)s1)N1CCCO1. The van der Waals surface area contributed by atoms with E-state index in [0.29, 0.717) is 13.2 Å². The van der Waals surface area contributed by atoms with E-state index < -0.39 is 0 Å². The van der Waals surface area contributed by atoms with Gasteiger partial charge in [-0.2, -0.15) is 0 Å². The number of thiophene rings is 1. The first-order chi connectivity index (χ1) is 7.25. The average molecular weight is 244 g/mol. The Bertz CT molecular complexity index is 383. The topological polar surface area (TPSA) is 29.5 Å². The number of hydrogen-bond acceptors (Lipinski definition) is 3.